The minimum Gasteiger partial charge on any atom is -0.458 e. The molecule has 0 bridgehead atoms. The Morgan fingerprint density at radius 2 is 2.00 bits per heavy atom. The highest BCUT2D eigenvalue weighted by atomic mass is 79.9. The van der Waals surface area contributed by atoms with Crippen LogP contribution in [0.2, 0.25) is 0 Å². The van der Waals surface area contributed by atoms with Crippen molar-refractivity contribution in [2.75, 3.05) is 0 Å². The maximum atomic E-state index is 9.44. The van der Waals surface area contributed by atoms with E-state index in [0.717, 1.165) is 10.0 Å². The van der Waals surface area contributed by atoms with Crippen LogP contribution in [-0.2, 0) is 4.74 Å². The molecule has 1 fully saturated rings. The molecule has 4 unspecified atom stereocenters. The second-order valence-electron chi connectivity index (χ2n) is 5.11. The summed E-state index contributed by atoms with van der Waals surface area (Å²) >= 11 is 3.43. The standard InChI is InChI=1S/C14H15BrN4O/c1-7-11-12(8-2-4-9(15)5-3-8)10(6-16)13(17)20-14(11)19-18-7/h2-5,7,11-12,14,18-19H,17H2,1H3. The van der Waals surface area contributed by atoms with Crippen LogP contribution in [0.3, 0.4) is 0 Å². The van der Waals surface area contributed by atoms with Crippen molar-refractivity contribution in [1.82, 2.24) is 10.9 Å². The summed E-state index contributed by atoms with van der Waals surface area (Å²) in [5, 5.41) is 9.44. The number of nitrogens with one attached hydrogen (secondary N) is 2. The molecule has 4 N–H and O–H groups in total. The average Bonchev–Trinajstić information content (AvgIpc) is 2.79. The Morgan fingerprint density at radius 3 is 2.65 bits per heavy atom. The lowest BCUT2D eigenvalue weighted by Gasteiger charge is -2.35. The topological polar surface area (TPSA) is 83.1 Å². The zero-order valence-electron chi connectivity index (χ0n) is 10.9. The van der Waals surface area contributed by atoms with Gasteiger partial charge < -0.3 is 10.5 Å². The van der Waals surface area contributed by atoms with E-state index in [1.807, 2.05) is 24.3 Å². The highest BCUT2D eigenvalue weighted by molar-refractivity contribution is 9.10. The molecule has 1 aromatic rings. The third kappa shape index (κ3) is 2.08. The van der Waals surface area contributed by atoms with Crippen LogP contribution in [0.15, 0.2) is 40.2 Å². The molecule has 4 atom stereocenters. The highest BCUT2D eigenvalue weighted by Gasteiger charge is 2.46. The van der Waals surface area contributed by atoms with Crippen molar-refractivity contribution in [3.05, 3.63) is 45.8 Å². The summed E-state index contributed by atoms with van der Waals surface area (Å²) < 4.78 is 6.62. The number of halogens is 1. The van der Waals surface area contributed by atoms with Gasteiger partial charge in [0.15, 0.2) is 6.23 Å². The first-order chi connectivity index (χ1) is 9.61. The third-order valence-electron chi connectivity index (χ3n) is 3.95. The Labute approximate surface area is 125 Å². The first kappa shape index (κ1) is 13.4. The molecular formula is C14H15BrN4O. The first-order valence-electron chi connectivity index (χ1n) is 6.44. The molecule has 2 heterocycles. The number of allylic oxidation sites excluding steroid dienone is 1. The predicted octanol–water partition coefficient (Wildman–Crippen LogP) is 1.70. The Morgan fingerprint density at radius 1 is 1.30 bits per heavy atom. The molecule has 1 saturated heterocycles. The molecule has 5 nitrogen and oxygen atoms in total. The summed E-state index contributed by atoms with van der Waals surface area (Å²) in [5.74, 6) is 0.271. The summed E-state index contributed by atoms with van der Waals surface area (Å²) in [6, 6.07) is 10.4. The minimum atomic E-state index is -0.212. The van der Waals surface area contributed by atoms with Gasteiger partial charge in [-0.3, -0.25) is 5.43 Å². The zero-order valence-corrected chi connectivity index (χ0v) is 12.5. The molecule has 0 saturated carbocycles. The fraction of sp³-hybridized carbons (Fsp3) is 0.357. The van der Waals surface area contributed by atoms with Crippen molar-refractivity contribution >= 4 is 15.9 Å². The quantitative estimate of drug-likeness (QED) is 0.728. The number of ether oxygens (including phenoxy) is 1. The smallest absolute Gasteiger partial charge is 0.200 e. The molecule has 0 aromatic heterocycles. The number of nitrogens with zero attached hydrogens (tertiary/aromatic N) is 1. The normalized spacial score (nSPS) is 32.5. The van der Waals surface area contributed by atoms with E-state index in [0.29, 0.717) is 5.57 Å². The number of rotatable bonds is 1. The molecule has 20 heavy (non-hydrogen) atoms. The Hall–Kier alpha value is -1.55. The maximum absolute atomic E-state index is 9.44. The van der Waals surface area contributed by atoms with Crippen molar-refractivity contribution in [2.24, 2.45) is 11.7 Å². The van der Waals surface area contributed by atoms with E-state index in [2.05, 4.69) is 39.8 Å². The van der Waals surface area contributed by atoms with E-state index >= 15 is 0 Å². The van der Waals surface area contributed by atoms with Gasteiger partial charge in [0.2, 0.25) is 5.88 Å². The largest absolute Gasteiger partial charge is 0.458 e. The van der Waals surface area contributed by atoms with E-state index in [9.17, 15) is 5.26 Å². The highest BCUT2D eigenvalue weighted by Crippen LogP contribution is 2.42. The Kier molecular flexibility index (Phi) is 3.42. The lowest BCUT2D eigenvalue weighted by Crippen LogP contribution is -2.41. The summed E-state index contributed by atoms with van der Waals surface area (Å²) in [5.41, 5.74) is 13.7. The zero-order chi connectivity index (χ0) is 14.3. The van der Waals surface area contributed by atoms with E-state index in [4.69, 9.17) is 10.5 Å². The second-order valence-corrected chi connectivity index (χ2v) is 6.03. The number of nitriles is 1. The van der Waals surface area contributed by atoms with Crippen molar-refractivity contribution in [3.8, 4) is 6.07 Å². The second kappa shape index (κ2) is 5.09. The molecule has 0 spiro atoms. The van der Waals surface area contributed by atoms with Gasteiger partial charge in [0.25, 0.3) is 0 Å². The van der Waals surface area contributed by atoms with E-state index in [1.165, 1.54) is 0 Å². The van der Waals surface area contributed by atoms with E-state index in [1.54, 1.807) is 0 Å². The fourth-order valence-corrected chi connectivity index (χ4v) is 3.23. The summed E-state index contributed by atoms with van der Waals surface area (Å²) in [7, 11) is 0. The SMILES string of the molecule is CC1NNC2OC(N)=C(C#N)C(c3ccc(Br)cc3)C12. The summed E-state index contributed by atoms with van der Waals surface area (Å²) in [4.78, 5) is 0. The molecule has 0 radical (unpaired) electrons. The average molecular weight is 335 g/mol. The van der Waals surface area contributed by atoms with Crippen molar-refractivity contribution in [2.45, 2.75) is 25.1 Å². The van der Waals surface area contributed by atoms with Gasteiger partial charge in [-0.1, -0.05) is 28.1 Å². The van der Waals surface area contributed by atoms with Gasteiger partial charge in [-0.2, -0.15) is 5.26 Å². The minimum absolute atomic E-state index is 0.0654. The molecule has 0 amide bonds. The number of nitrogens with two attached hydrogens (primary N) is 1. The van der Waals surface area contributed by atoms with Crippen LogP contribution in [0, 0.1) is 17.2 Å². The van der Waals surface area contributed by atoms with Crippen molar-refractivity contribution in [1.29, 1.82) is 5.26 Å². The molecule has 0 aliphatic carbocycles. The number of hydrazine groups is 1. The van der Waals surface area contributed by atoms with Crippen LogP contribution in [0.25, 0.3) is 0 Å². The van der Waals surface area contributed by atoms with Gasteiger partial charge in [-0.15, -0.1) is 0 Å². The molecule has 6 heteroatoms. The Bertz CT molecular complexity index is 592. The van der Waals surface area contributed by atoms with E-state index in [-0.39, 0.29) is 30.0 Å². The number of benzene rings is 1. The van der Waals surface area contributed by atoms with E-state index < -0.39 is 0 Å². The van der Waals surface area contributed by atoms with Crippen LogP contribution in [0.1, 0.15) is 18.4 Å². The van der Waals surface area contributed by atoms with Gasteiger partial charge in [-0.25, -0.2) is 5.43 Å². The molecule has 2 aliphatic heterocycles. The van der Waals surface area contributed by atoms with Gasteiger partial charge in [0, 0.05) is 22.4 Å². The lowest BCUT2D eigenvalue weighted by molar-refractivity contribution is 0.0351. The number of hydrogen-bond acceptors (Lipinski definition) is 5. The van der Waals surface area contributed by atoms with Gasteiger partial charge in [0.05, 0.1) is 5.57 Å². The van der Waals surface area contributed by atoms with Gasteiger partial charge >= 0.3 is 0 Å². The van der Waals surface area contributed by atoms with Crippen LogP contribution in [0.4, 0.5) is 0 Å². The summed E-state index contributed by atoms with van der Waals surface area (Å²) in [6.45, 7) is 2.07. The maximum Gasteiger partial charge on any atom is 0.200 e. The molecule has 3 rings (SSSR count). The monoisotopic (exact) mass is 334 g/mol. The molecule has 1 aromatic carbocycles. The number of hydrogen-bond donors (Lipinski definition) is 3. The van der Waals surface area contributed by atoms with Crippen LogP contribution in [0.5, 0.6) is 0 Å². The lowest BCUT2D eigenvalue weighted by atomic mass is 9.76. The van der Waals surface area contributed by atoms with Gasteiger partial charge in [0.1, 0.15) is 6.07 Å². The van der Waals surface area contributed by atoms with Crippen molar-refractivity contribution < 1.29 is 4.74 Å². The summed E-state index contributed by atoms with van der Waals surface area (Å²) in [6.07, 6.45) is -0.212. The Balaban J connectivity index is 2.09. The van der Waals surface area contributed by atoms with Crippen LogP contribution in [-0.4, -0.2) is 12.3 Å². The van der Waals surface area contributed by atoms with Crippen LogP contribution >= 0.6 is 15.9 Å². The molecular weight excluding hydrogens is 320 g/mol. The number of fused-ring (bicyclic) bond motifs is 1. The predicted molar refractivity (Wildman–Crippen MR) is 77.8 cm³/mol. The molecule has 2 aliphatic rings. The van der Waals surface area contributed by atoms with Crippen molar-refractivity contribution in [3.63, 3.8) is 0 Å². The fourth-order valence-electron chi connectivity index (χ4n) is 2.97. The first-order valence-corrected chi connectivity index (χ1v) is 7.24. The van der Waals surface area contributed by atoms with Gasteiger partial charge in [-0.05, 0) is 24.6 Å². The molecule has 104 valence electrons. The third-order valence-corrected chi connectivity index (χ3v) is 4.47. The van der Waals surface area contributed by atoms with Crippen LogP contribution < -0.4 is 16.6 Å².